The smallest absolute Gasteiger partial charge is 0.322 e. The Morgan fingerprint density at radius 3 is 2.58 bits per heavy atom. The molecule has 0 aromatic heterocycles. The maximum absolute atomic E-state index is 12.5. The second-order valence-electron chi connectivity index (χ2n) is 8.63. The van der Waals surface area contributed by atoms with E-state index in [0.717, 1.165) is 23.9 Å². The van der Waals surface area contributed by atoms with E-state index in [2.05, 4.69) is 64.3 Å². The van der Waals surface area contributed by atoms with E-state index in [1.165, 1.54) is 42.4 Å². The van der Waals surface area contributed by atoms with Crippen LogP contribution in [0.15, 0.2) is 52.1 Å². The molecule has 2 aromatic carbocycles. The molecule has 0 spiro atoms. The number of rotatable bonds is 5. The summed E-state index contributed by atoms with van der Waals surface area (Å²) in [4.78, 5) is 35.4. The fraction of sp³-hybridized carbons (Fsp3) is 0.360. The summed E-state index contributed by atoms with van der Waals surface area (Å²) in [5.41, 5.74) is 4.62. The van der Waals surface area contributed by atoms with Gasteiger partial charge in [-0.05, 0) is 61.8 Å². The van der Waals surface area contributed by atoms with E-state index < -0.39 is 11.2 Å². The van der Waals surface area contributed by atoms with Crippen LogP contribution in [-0.2, 0) is 13.0 Å². The predicted molar refractivity (Wildman–Crippen MR) is 122 cm³/mol. The molecule has 1 fully saturated rings. The van der Waals surface area contributed by atoms with Crippen molar-refractivity contribution in [2.75, 3.05) is 0 Å². The SMILES string of the molecule is Cc1ccc(CCCn2c3nc(=O)[nH]c(=O)c-3nc3cc(C4CCCC4)ccc32)cc1. The number of aromatic amines is 1. The first-order valence-corrected chi connectivity index (χ1v) is 11.1. The molecular weight excluding hydrogens is 388 g/mol. The summed E-state index contributed by atoms with van der Waals surface area (Å²) in [6.45, 7) is 2.74. The number of benzene rings is 2. The van der Waals surface area contributed by atoms with Gasteiger partial charge in [0.2, 0.25) is 0 Å². The molecule has 3 aliphatic rings. The maximum Gasteiger partial charge on any atom is 0.349 e. The Morgan fingerprint density at radius 2 is 1.81 bits per heavy atom. The zero-order valence-corrected chi connectivity index (χ0v) is 17.7. The first kappa shape index (κ1) is 19.7. The predicted octanol–water partition coefficient (Wildman–Crippen LogP) is 4.18. The van der Waals surface area contributed by atoms with Crippen molar-refractivity contribution in [2.24, 2.45) is 0 Å². The van der Waals surface area contributed by atoms with Crippen LogP contribution in [-0.4, -0.2) is 19.5 Å². The molecule has 0 radical (unpaired) electrons. The minimum Gasteiger partial charge on any atom is -0.322 e. The molecule has 158 valence electrons. The number of H-pyrrole nitrogens is 1. The topological polar surface area (TPSA) is 80.6 Å². The molecule has 6 heteroatoms. The van der Waals surface area contributed by atoms with Crippen LogP contribution in [0.1, 0.15) is 54.7 Å². The van der Waals surface area contributed by atoms with Crippen LogP contribution in [0.4, 0.5) is 0 Å². The quantitative estimate of drug-likeness (QED) is 0.497. The van der Waals surface area contributed by atoms with E-state index in [1.54, 1.807) is 0 Å². The lowest BCUT2D eigenvalue weighted by atomic mass is 9.97. The van der Waals surface area contributed by atoms with Gasteiger partial charge < -0.3 is 4.57 Å². The Hall–Kier alpha value is -3.28. The van der Waals surface area contributed by atoms with Gasteiger partial charge in [0.05, 0.1) is 11.0 Å². The normalized spacial score (nSPS) is 14.6. The van der Waals surface area contributed by atoms with Crippen LogP contribution in [0.3, 0.4) is 0 Å². The number of nitrogens with one attached hydrogen (secondary N) is 1. The summed E-state index contributed by atoms with van der Waals surface area (Å²) in [6.07, 6.45) is 6.72. The highest BCUT2D eigenvalue weighted by molar-refractivity contribution is 5.80. The summed E-state index contributed by atoms with van der Waals surface area (Å²) in [5, 5.41) is 0. The number of aromatic nitrogens is 4. The first-order chi connectivity index (χ1) is 15.1. The molecular formula is C25H26N4O2. The molecule has 6 nitrogen and oxygen atoms in total. The molecule has 0 unspecified atom stereocenters. The van der Waals surface area contributed by atoms with Crippen molar-refractivity contribution in [3.8, 4) is 11.5 Å². The summed E-state index contributed by atoms with van der Waals surface area (Å²) in [5.74, 6) is 0.927. The van der Waals surface area contributed by atoms with Crippen LogP contribution < -0.4 is 11.2 Å². The van der Waals surface area contributed by atoms with Crippen LogP contribution >= 0.6 is 0 Å². The zero-order valence-electron chi connectivity index (χ0n) is 17.7. The lowest BCUT2D eigenvalue weighted by Gasteiger charge is -2.18. The second-order valence-corrected chi connectivity index (χ2v) is 8.63. The second kappa shape index (κ2) is 8.10. The minimum absolute atomic E-state index is 0.228. The zero-order chi connectivity index (χ0) is 21.4. The average Bonchev–Trinajstić information content (AvgIpc) is 3.30. The van der Waals surface area contributed by atoms with Gasteiger partial charge in [0.1, 0.15) is 0 Å². The van der Waals surface area contributed by atoms with Crippen LogP contribution in [0.25, 0.3) is 22.6 Å². The Balaban J connectivity index is 1.56. The fourth-order valence-electron chi connectivity index (χ4n) is 4.75. The van der Waals surface area contributed by atoms with Gasteiger partial charge in [-0.25, -0.2) is 9.78 Å². The molecule has 2 aromatic rings. The lowest BCUT2D eigenvalue weighted by molar-refractivity contribution is 0.648. The molecule has 0 saturated heterocycles. The van der Waals surface area contributed by atoms with E-state index in [9.17, 15) is 9.59 Å². The molecule has 2 heterocycles. The van der Waals surface area contributed by atoms with E-state index in [0.29, 0.717) is 18.3 Å². The number of hydrogen-bond donors (Lipinski definition) is 1. The van der Waals surface area contributed by atoms with Gasteiger partial charge in [0.15, 0.2) is 11.5 Å². The van der Waals surface area contributed by atoms with Crippen molar-refractivity contribution >= 4 is 11.0 Å². The molecule has 1 aliphatic carbocycles. The van der Waals surface area contributed by atoms with Crippen molar-refractivity contribution < 1.29 is 0 Å². The van der Waals surface area contributed by atoms with E-state index in [4.69, 9.17) is 0 Å². The summed E-state index contributed by atoms with van der Waals surface area (Å²) < 4.78 is 1.99. The van der Waals surface area contributed by atoms with Crippen molar-refractivity contribution in [2.45, 2.75) is 57.9 Å². The number of aryl methyl sites for hydroxylation is 3. The third kappa shape index (κ3) is 3.90. The molecule has 2 aliphatic heterocycles. The van der Waals surface area contributed by atoms with Gasteiger partial charge in [-0.3, -0.25) is 9.78 Å². The van der Waals surface area contributed by atoms with Gasteiger partial charge in [-0.2, -0.15) is 4.98 Å². The van der Waals surface area contributed by atoms with Gasteiger partial charge in [0, 0.05) is 6.54 Å². The third-order valence-corrected chi connectivity index (χ3v) is 6.43. The van der Waals surface area contributed by atoms with Gasteiger partial charge in [-0.1, -0.05) is 48.7 Å². The highest BCUT2D eigenvalue weighted by Gasteiger charge is 2.21. The first-order valence-electron chi connectivity index (χ1n) is 11.1. The van der Waals surface area contributed by atoms with Gasteiger partial charge >= 0.3 is 5.69 Å². The summed E-state index contributed by atoms with van der Waals surface area (Å²) >= 11 is 0. The molecule has 0 amide bonds. The maximum atomic E-state index is 12.5. The van der Waals surface area contributed by atoms with Crippen LogP contribution in [0.5, 0.6) is 0 Å². The molecule has 5 rings (SSSR count). The molecule has 0 bridgehead atoms. The molecule has 1 N–H and O–H groups in total. The Bertz CT molecular complexity index is 1310. The third-order valence-electron chi connectivity index (χ3n) is 6.43. The monoisotopic (exact) mass is 414 g/mol. The van der Waals surface area contributed by atoms with Gasteiger partial charge in [0.25, 0.3) is 5.56 Å². The van der Waals surface area contributed by atoms with Crippen LogP contribution in [0, 0.1) is 6.92 Å². The molecule has 31 heavy (non-hydrogen) atoms. The van der Waals surface area contributed by atoms with Crippen molar-refractivity contribution in [3.05, 3.63) is 80.0 Å². The van der Waals surface area contributed by atoms with E-state index in [-0.39, 0.29) is 5.69 Å². The van der Waals surface area contributed by atoms with Crippen LogP contribution in [0.2, 0.25) is 0 Å². The number of hydrogen-bond acceptors (Lipinski definition) is 4. The molecule has 1 saturated carbocycles. The van der Waals surface area contributed by atoms with Crippen molar-refractivity contribution in [3.63, 3.8) is 0 Å². The van der Waals surface area contributed by atoms with E-state index >= 15 is 0 Å². The average molecular weight is 415 g/mol. The standard InChI is InChI=1S/C25H26N4O2/c1-16-8-10-17(11-9-16)5-4-14-29-21-13-12-19(18-6-2-3-7-18)15-20(21)26-22-23(29)27-25(31)28-24(22)30/h8-13,15,18H,2-7,14H2,1H3,(H,28,30,31). The molecule has 0 atom stereocenters. The van der Waals surface area contributed by atoms with Crippen molar-refractivity contribution in [1.29, 1.82) is 0 Å². The fourth-order valence-corrected chi connectivity index (χ4v) is 4.75. The highest BCUT2D eigenvalue weighted by atomic mass is 16.2. The van der Waals surface area contributed by atoms with Gasteiger partial charge in [-0.15, -0.1) is 0 Å². The summed E-state index contributed by atoms with van der Waals surface area (Å²) in [7, 11) is 0. The number of fused-ring (bicyclic) bond motifs is 2. The highest BCUT2D eigenvalue weighted by Crippen LogP contribution is 2.35. The summed E-state index contributed by atoms with van der Waals surface area (Å²) in [6, 6.07) is 14.9. The lowest BCUT2D eigenvalue weighted by Crippen LogP contribution is -2.29. The Morgan fingerprint density at radius 1 is 1.03 bits per heavy atom. The Labute approximate surface area is 180 Å². The van der Waals surface area contributed by atoms with Crippen molar-refractivity contribution in [1.82, 2.24) is 19.5 Å². The van der Waals surface area contributed by atoms with E-state index in [1.807, 2.05) is 4.57 Å². The number of nitrogens with zero attached hydrogens (tertiary/aromatic N) is 3. The largest absolute Gasteiger partial charge is 0.349 e. The Kier molecular flexibility index (Phi) is 5.14. The minimum atomic E-state index is -0.631.